The van der Waals surface area contributed by atoms with Gasteiger partial charge in [-0.25, -0.2) is 0 Å². The zero-order valence-corrected chi connectivity index (χ0v) is 20.1. The van der Waals surface area contributed by atoms with Crippen LogP contribution >= 0.6 is 0 Å². The molecule has 182 valence electrons. The average Bonchev–Trinajstić information content (AvgIpc) is 3.39. The Hall–Kier alpha value is -4.07. The number of carbonyl (C=O) groups excluding carboxylic acids is 2. The number of methoxy groups -OCH3 is 1. The molecule has 8 heteroatoms. The number of ketones is 1. The lowest BCUT2D eigenvalue weighted by Gasteiger charge is -2.24. The van der Waals surface area contributed by atoms with E-state index in [0.29, 0.717) is 40.9 Å². The fraction of sp³-hybridized carbons (Fsp3) is 0.296. The molecule has 1 saturated heterocycles. The quantitative estimate of drug-likeness (QED) is 0.276. The van der Waals surface area contributed by atoms with E-state index >= 15 is 0 Å². The number of hydrogen-bond acceptors (Lipinski definition) is 7. The number of benzene rings is 2. The lowest BCUT2D eigenvalue weighted by Crippen LogP contribution is -2.29. The van der Waals surface area contributed by atoms with Gasteiger partial charge < -0.3 is 19.1 Å². The number of carbonyl (C=O) groups is 2. The van der Waals surface area contributed by atoms with Gasteiger partial charge in [-0.05, 0) is 37.0 Å². The molecule has 8 nitrogen and oxygen atoms in total. The summed E-state index contributed by atoms with van der Waals surface area (Å²) >= 11 is 0. The topological polar surface area (TPSA) is 102 Å². The Kier molecular flexibility index (Phi) is 6.91. The van der Waals surface area contributed by atoms with Crippen molar-refractivity contribution in [3.8, 4) is 11.5 Å². The molecule has 0 aliphatic carbocycles. The largest absolute Gasteiger partial charge is 0.507 e. The molecule has 1 amide bonds. The molecule has 0 bridgehead atoms. The van der Waals surface area contributed by atoms with Gasteiger partial charge in [-0.1, -0.05) is 55.4 Å². The normalized spacial score (nSPS) is 17.3. The predicted octanol–water partition coefficient (Wildman–Crippen LogP) is 5.04. The highest BCUT2D eigenvalue weighted by atomic mass is 16.5. The van der Waals surface area contributed by atoms with E-state index in [-0.39, 0.29) is 17.2 Å². The van der Waals surface area contributed by atoms with Crippen LogP contribution in [0.5, 0.6) is 11.5 Å². The molecule has 1 atom stereocenters. The number of rotatable bonds is 8. The minimum atomic E-state index is -0.946. The van der Waals surface area contributed by atoms with Gasteiger partial charge in [0.25, 0.3) is 5.78 Å². The highest BCUT2D eigenvalue weighted by molar-refractivity contribution is 6.51. The molecular weight excluding hydrogens is 448 g/mol. The van der Waals surface area contributed by atoms with Gasteiger partial charge >= 0.3 is 5.91 Å². The van der Waals surface area contributed by atoms with E-state index < -0.39 is 17.7 Å². The van der Waals surface area contributed by atoms with Crippen molar-refractivity contribution >= 4 is 23.3 Å². The van der Waals surface area contributed by atoms with Crippen molar-refractivity contribution in [2.45, 2.75) is 33.2 Å². The first kappa shape index (κ1) is 24.1. The Balaban J connectivity index is 1.84. The summed E-state index contributed by atoms with van der Waals surface area (Å²) in [6, 6.07) is 14.5. The molecule has 35 heavy (non-hydrogen) atoms. The maximum Gasteiger partial charge on any atom is 0.301 e. The van der Waals surface area contributed by atoms with Crippen molar-refractivity contribution in [3.05, 3.63) is 77.1 Å². The zero-order chi connectivity index (χ0) is 25.1. The highest BCUT2D eigenvalue weighted by Crippen LogP contribution is 2.44. The molecule has 1 N–H and O–H groups in total. The molecule has 2 aromatic carbocycles. The van der Waals surface area contributed by atoms with Crippen molar-refractivity contribution in [3.63, 3.8) is 0 Å². The molecule has 0 spiro atoms. The third-order valence-corrected chi connectivity index (χ3v) is 5.81. The summed E-state index contributed by atoms with van der Waals surface area (Å²) in [6.45, 7) is 6.45. The highest BCUT2D eigenvalue weighted by Gasteiger charge is 2.48. The number of anilines is 1. The second-order valence-electron chi connectivity index (χ2n) is 8.77. The maximum absolute atomic E-state index is 13.2. The summed E-state index contributed by atoms with van der Waals surface area (Å²) in [7, 11) is 1.52. The summed E-state index contributed by atoms with van der Waals surface area (Å²) < 4.78 is 16.6. The van der Waals surface area contributed by atoms with Gasteiger partial charge in [-0.2, -0.15) is 0 Å². The first-order valence-electron chi connectivity index (χ1n) is 11.4. The van der Waals surface area contributed by atoms with Crippen LogP contribution in [0.25, 0.3) is 5.76 Å². The molecule has 0 saturated carbocycles. The standard InChI is InChI=1S/C27H28N2O6/c1-16(2)12-13-34-20-11-10-19(15-21(20)33-4)24-23(25(30)18-8-6-5-7-9-18)26(31)27(32)29(24)22-14-17(3)35-28-22/h5-11,14-16,24,30H,12-13H2,1-4H3/t24-/m1/s1. The molecule has 0 unspecified atom stereocenters. The predicted molar refractivity (Wildman–Crippen MR) is 130 cm³/mol. The van der Waals surface area contributed by atoms with Gasteiger partial charge in [0.1, 0.15) is 11.5 Å². The SMILES string of the molecule is COc1cc([C@@H]2C(=C(O)c3ccccc3)C(=O)C(=O)N2c2cc(C)on2)ccc1OCCC(C)C. The van der Waals surface area contributed by atoms with E-state index in [0.717, 1.165) is 6.42 Å². The lowest BCUT2D eigenvalue weighted by atomic mass is 9.95. The second kappa shape index (κ2) is 10.0. The number of ether oxygens (including phenoxy) is 2. The number of nitrogens with zero attached hydrogens (tertiary/aromatic N) is 2. The van der Waals surface area contributed by atoms with Crippen LogP contribution < -0.4 is 14.4 Å². The molecule has 0 radical (unpaired) electrons. The summed E-state index contributed by atoms with van der Waals surface area (Å²) in [4.78, 5) is 27.6. The molecule has 4 rings (SSSR count). The van der Waals surface area contributed by atoms with Crippen molar-refractivity contribution in [2.75, 3.05) is 18.6 Å². The maximum atomic E-state index is 13.2. The molecule has 3 aromatic rings. The van der Waals surface area contributed by atoms with E-state index in [1.54, 1.807) is 61.5 Å². The van der Waals surface area contributed by atoms with Crippen LogP contribution in [0.15, 0.2) is 64.7 Å². The number of amides is 1. The molecule has 1 fully saturated rings. The minimum Gasteiger partial charge on any atom is -0.507 e. The Bertz CT molecular complexity index is 1260. The molecule has 1 aliphatic heterocycles. The molecular formula is C27H28N2O6. The van der Waals surface area contributed by atoms with Crippen molar-refractivity contribution in [1.29, 1.82) is 0 Å². The van der Waals surface area contributed by atoms with Gasteiger partial charge in [0.15, 0.2) is 17.3 Å². The van der Waals surface area contributed by atoms with Gasteiger partial charge in [0.2, 0.25) is 0 Å². The zero-order valence-electron chi connectivity index (χ0n) is 20.1. The number of aliphatic hydroxyl groups is 1. The number of Topliss-reactive ketones (excluding diaryl/α,β-unsaturated/α-hetero) is 1. The summed E-state index contributed by atoms with van der Waals surface area (Å²) in [5.74, 6) is 0.261. The van der Waals surface area contributed by atoms with Gasteiger partial charge in [0.05, 0.1) is 25.3 Å². The number of aliphatic hydroxyl groups excluding tert-OH is 1. The Morgan fingerprint density at radius 3 is 2.49 bits per heavy atom. The molecule has 1 aromatic heterocycles. The first-order valence-corrected chi connectivity index (χ1v) is 11.4. The van der Waals surface area contributed by atoms with Gasteiger partial charge in [0, 0.05) is 11.6 Å². The van der Waals surface area contributed by atoms with Crippen LogP contribution in [0.2, 0.25) is 0 Å². The minimum absolute atomic E-state index is 0.0441. The number of aryl methyl sites for hydroxylation is 1. The van der Waals surface area contributed by atoms with Crippen LogP contribution in [0.4, 0.5) is 5.82 Å². The van der Waals surface area contributed by atoms with Crippen molar-refractivity contribution < 1.29 is 28.7 Å². The van der Waals surface area contributed by atoms with E-state index in [1.165, 1.54) is 12.0 Å². The van der Waals surface area contributed by atoms with E-state index in [1.807, 2.05) is 0 Å². The fourth-order valence-electron chi connectivity index (χ4n) is 3.98. The van der Waals surface area contributed by atoms with Crippen LogP contribution in [-0.2, 0) is 9.59 Å². The number of aromatic nitrogens is 1. The Morgan fingerprint density at radius 2 is 1.86 bits per heavy atom. The Labute approximate surface area is 203 Å². The molecule has 1 aliphatic rings. The van der Waals surface area contributed by atoms with Crippen molar-refractivity contribution in [2.24, 2.45) is 5.92 Å². The smallest absolute Gasteiger partial charge is 0.301 e. The van der Waals surface area contributed by atoms with Gasteiger partial charge in [-0.15, -0.1) is 0 Å². The van der Waals surface area contributed by atoms with Crippen LogP contribution in [0, 0.1) is 12.8 Å². The lowest BCUT2D eigenvalue weighted by molar-refractivity contribution is -0.132. The van der Waals surface area contributed by atoms with Crippen LogP contribution in [0.1, 0.15) is 43.2 Å². The number of hydrogen-bond donors (Lipinski definition) is 1. The van der Waals surface area contributed by atoms with Crippen LogP contribution in [0.3, 0.4) is 0 Å². The third-order valence-electron chi connectivity index (χ3n) is 5.81. The Morgan fingerprint density at radius 1 is 1.11 bits per heavy atom. The third kappa shape index (κ3) is 4.77. The van der Waals surface area contributed by atoms with Crippen molar-refractivity contribution in [1.82, 2.24) is 5.16 Å². The average molecular weight is 477 g/mol. The second-order valence-corrected chi connectivity index (χ2v) is 8.77. The fourth-order valence-corrected chi connectivity index (χ4v) is 3.98. The monoisotopic (exact) mass is 476 g/mol. The summed E-state index contributed by atoms with van der Waals surface area (Å²) in [5.41, 5.74) is 0.931. The summed E-state index contributed by atoms with van der Waals surface area (Å²) in [6.07, 6.45) is 0.883. The van der Waals surface area contributed by atoms with E-state index in [9.17, 15) is 14.7 Å². The van der Waals surface area contributed by atoms with E-state index in [4.69, 9.17) is 14.0 Å². The van der Waals surface area contributed by atoms with E-state index in [2.05, 4.69) is 19.0 Å². The summed E-state index contributed by atoms with van der Waals surface area (Å²) in [5, 5.41) is 15.1. The molecule has 2 heterocycles. The first-order chi connectivity index (χ1) is 16.8. The van der Waals surface area contributed by atoms with Gasteiger partial charge in [-0.3, -0.25) is 14.5 Å². The van der Waals surface area contributed by atoms with Crippen LogP contribution in [-0.4, -0.2) is 35.7 Å².